The van der Waals surface area contributed by atoms with Crippen molar-refractivity contribution in [2.24, 2.45) is 0 Å². The second-order valence-electron chi connectivity index (χ2n) is 4.91. The van der Waals surface area contributed by atoms with Gasteiger partial charge in [-0.05, 0) is 50.4 Å². The minimum Gasteiger partial charge on any atom is -0.507 e. The van der Waals surface area contributed by atoms with Gasteiger partial charge in [0.15, 0.2) is 0 Å². The van der Waals surface area contributed by atoms with Crippen molar-refractivity contribution in [1.29, 1.82) is 0 Å². The largest absolute Gasteiger partial charge is 0.507 e. The van der Waals surface area contributed by atoms with Crippen LogP contribution in [0.2, 0.25) is 0 Å². The Kier molecular flexibility index (Phi) is 4.10. The van der Waals surface area contributed by atoms with Gasteiger partial charge in [0.05, 0.1) is 0 Å². The van der Waals surface area contributed by atoms with Gasteiger partial charge < -0.3 is 5.11 Å². The van der Waals surface area contributed by atoms with Crippen molar-refractivity contribution >= 4 is 15.9 Å². The summed E-state index contributed by atoms with van der Waals surface area (Å²) in [7, 11) is 0. The molecule has 0 spiro atoms. The molecule has 2 rings (SSSR count). The van der Waals surface area contributed by atoms with Crippen molar-refractivity contribution in [1.82, 2.24) is 4.90 Å². The Bertz CT molecular complexity index is 405. The van der Waals surface area contributed by atoms with Crippen molar-refractivity contribution in [3.05, 3.63) is 27.7 Å². The van der Waals surface area contributed by atoms with E-state index in [1.54, 1.807) is 0 Å². The van der Waals surface area contributed by atoms with E-state index >= 15 is 0 Å². The molecule has 0 aromatic heterocycles. The summed E-state index contributed by atoms with van der Waals surface area (Å²) in [5.41, 5.74) is 1.99. The zero-order chi connectivity index (χ0) is 12.4. The number of likely N-dealkylation sites (tertiary alicyclic amines) is 1. The summed E-state index contributed by atoms with van der Waals surface area (Å²) in [4.78, 5) is 2.49. The predicted molar refractivity (Wildman–Crippen MR) is 74.3 cm³/mol. The first kappa shape index (κ1) is 12.9. The van der Waals surface area contributed by atoms with Crippen LogP contribution in [0.4, 0.5) is 0 Å². The predicted octanol–water partition coefficient (Wildman–Crippen LogP) is 3.84. The van der Waals surface area contributed by atoms with E-state index in [0.29, 0.717) is 11.8 Å². The van der Waals surface area contributed by atoms with Crippen LogP contribution in [0.5, 0.6) is 5.75 Å². The fourth-order valence-corrected chi connectivity index (χ4v) is 3.33. The third-order valence-corrected chi connectivity index (χ3v) is 4.15. The molecular weight excluding hydrogens is 278 g/mol. The normalized spacial score (nSPS) is 21.0. The van der Waals surface area contributed by atoms with Crippen LogP contribution >= 0.6 is 15.9 Å². The van der Waals surface area contributed by atoms with E-state index in [9.17, 15) is 5.11 Å². The van der Waals surface area contributed by atoms with Crippen molar-refractivity contribution in [2.45, 2.75) is 45.7 Å². The second kappa shape index (κ2) is 5.40. The van der Waals surface area contributed by atoms with Gasteiger partial charge in [-0.2, -0.15) is 0 Å². The Morgan fingerprint density at radius 1 is 1.47 bits per heavy atom. The fourth-order valence-electron chi connectivity index (χ4n) is 2.71. The molecule has 1 heterocycles. The molecule has 94 valence electrons. The van der Waals surface area contributed by atoms with Gasteiger partial charge in [-0.3, -0.25) is 4.90 Å². The van der Waals surface area contributed by atoms with Crippen LogP contribution in [-0.2, 0) is 6.54 Å². The second-order valence-corrected chi connectivity index (χ2v) is 5.82. The third-order valence-electron chi connectivity index (χ3n) is 3.69. The number of rotatable bonds is 3. The first-order valence-corrected chi connectivity index (χ1v) is 7.13. The first-order valence-electron chi connectivity index (χ1n) is 6.34. The Morgan fingerprint density at radius 3 is 2.94 bits per heavy atom. The molecular formula is C14H20BrNO. The summed E-state index contributed by atoms with van der Waals surface area (Å²) >= 11 is 3.50. The van der Waals surface area contributed by atoms with Crippen LogP contribution in [0.1, 0.15) is 37.3 Å². The molecule has 1 aliphatic heterocycles. The third kappa shape index (κ3) is 2.83. The molecule has 1 unspecified atom stereocenters. The van der Waals surface area contributed by atoms with Crippen LogP contribution in [0, 0.1) is 6.92 Å². The summed E-state index contributed by atoms with van der Waals surface area (Å²) in [5, 5.41) is 10.1. The topological polar surface area (TPSA) is 23.5 Å². The van der Waals surface area contributed by atoms with Crippen LogP contribution in [0.25, 0.3) is 0 Å². The van der Waals surface area contributed by atoms with Crippen LogP contribution in [0.15, 0.2) is 16.6 Å². The molecule has 3 heteroatoms. The Hall–Kier alpha value is -0.540. The molecule has 1 N–H and O–H groups in total. The van der Waals surface area contributed by atoms with Crippen molar-refractivity contribution in [3.8, 4) is 5.75 Å². The summed E-state index contributed by atoms with van der Waals surface area (Å²) in [5.74, 6) is 0.454. The van der Waals surface area contributed by atoms with Gasteiger partial charge in [0.25, 0.3) is 0 Å². The van der Waals surface area contributed by atoms with Crippen LogP contribution in [-0.4, -0.2) is 22.6 Å². The lowest BCUT2D eigenvalue weighted by atomic mass is 10.1. The fraction of sp³-hybridized carbons (Fsp3) is 0.571. The number of hydrogen-bond acceptors (Lipinski definition) is 2. The zero-order valence-electron chi connectivity index (χ0n) is 10.5. The van der Waals surface area contributed by atoms with E-state index < -0.39 is 0 Å². The Morgan fingerprint density at radius 2 is 2.24 bits per heavy atom. The molecule has 0 bridgehead atoms. The molecule has 0 amide bonds. The SMILES string of the molecule is CCC1CCCN1Cc1cc(Br)cc(C)c1O. The maximum atomic E-state index is 10.1. The number of phenols is 1. The van der Waals surface area contributed by atoms with E-state index in [0.717, 1.165) is 28.7 Å². The number of aromatic hydroxyl groups is 1. The summed E-state index contributed by atoms with van der Waals surface area (Å²) in [6, 6.07) is 4.68. The lowest BCUT2D eigenvalue weighted by molar-refractivity contribution is 0.237. The molecule has 1 fully saturated rings. The van der Waals surface area contributed by atoms with Gasteiger partial charge in [-0.15, -0.1) is 0 Å². The van der Waals surface area contributed by atoms with E-state index in [2.05, 4.69) is 27.8 Å². The summed E-state index contributed by atoms with van der Waals surface area (Å²) in [6.45, 7) is 6.22. The lowest BCUT2D eigenvalue weighted by Crippen LogP contribution is -2.28. The highest BCUT2D eigenvalue weighted by Crippen LogP contribution is 2.30. The zero-order valence-corrected chi connectivity index (χ0v) is 12.1. The summed E-state index contributed by atoms with van der Waals surface area (Å²) in [6.07, 6.45) is 3.78. The molecule has 1 aliphatic rings. The van der Waals surface area contributed by atoms with Crippen LogP contribution in [0.3, 0.4) is 0 Å². The maximum Gasteiger partial charge on any atom is 0.123 e. The average Bonchev–Trinajstić information content (AvgIpc) is 2.72. The highest BCUT2D eigenvalue weighted by molar-refractivity contribution is 9.10. The van der Waals surface area contributed by atoms with E-state index in [-0.39, 0.29) is 0 Å². The number of phenolic OH excluding ortho intramolecular Hbond substituents is 1. The molecule has 1 aromatic rings. The molecule has 2 nitrogen and oxygen atoms in total. The minimum atomic E-state index is 0.454. The molecule has 0 radical (unpaired) electrons. The molecule has 1 atom stereocenters. The Balaban J connectivity index is 2.18. The first-order chi connectivity index (χ1) is 8.11. The number of benzene rings is 1. The smallest absolute Gasteiger partial charge is 0.123 e. The van der Waals surface area contributed by atoms with Gasteiger partial charge in [0.1, 0.15) is 5.75 Å². The van der Waals surface area contributed by atoms with E-state index in [4.69, 9.17) is 0 Å². The van der Waals surface area contributed by atoms with Gasteiger partial charge in [0.2, 0.25) is 0 Å². The van der Waals surface area contributed by atoms with Gasteiger partial charge in [0, 0.05) is 22.6 Å². The molecule has 1 saturated heterocycles. The number of halogens is 1. The molecule has 0 saturated carbocycles. The molecule has 0 aliphatic carbocycles. The van der Waals surface area contributed by atoms with Crippen LogP contribution < -0.4 is 0 Å². The summed E-state index contributed by atoms with van der Waals surface area (Å²) < 4.78 is 1.05. The highest BCUT2D eigenvalue weighted by Gasteiger charge is 2.23. The Labute approximate surface area is 112 Å². The quantitative estimate of drug-likeness (QED) is 0.916. The van der Waals surface area contributed by atoms with E-state index in [1.807, 2.05) is 19.1 Å². The lowest BCUT2D eigenvalue weighted by Gasteiger charge is -2.24. The number of nitrogens with zero attached hydrogens (tertiary/aromatic N) is 1. The highest BCUT2D eigenvalue weighted by atomic mass is 79.9. The van der Waals surface area contributed by atoms with Crippen molar-refractivity contribution < 1.29 is 5.11 Å². The van der Waals surface area contributed by atoms with Gasteiger partial charge in [-0.25, -0.2) is 0 Å². The number of aryl methyl sites for hydroxylation is 1. The number of hydrogen-bond donors (Lipinski definition) is 1. The maximum absolute atomic E-state index is 10.1. The standard InChI is InChI=1S/C14H20BrNO/c1-3-13-5-4-6-16(13)9-11-8-12(15)7-10(2)14(11)17/h7-8,13,17H,3-6,9H2,1-2H3. The molecule has 1 aromatic carbocycles. The monoisotopic (exact) mass is 297 g/mol. The van der Waals surface area contributed by atoms with Gasteiger partial charge in [-0.1, -0.05) is 22.9 Å². The molecule has 17 heavy (non-hydrogen) atoms. The van der Waals surface area contributed by atoms with Crippen molar-refractivity contribution in [3.63, 3.8) is 0 Å². The average molecular weight is 298 g/mol. The van der Waals surface area contributed by atoms with Gasteiger partial charge >= 0.3 is 0 Å². The van der Waals surface area contributed by atoms with Crippen molar-refractivity contribution in [2.75, 3.05) is 6.54 Å². The van der Waals surface area contributed by atoms with E-state index in [1.165, 1.54) is 19.3 Å². The minimum absolute atomic E-state index is 0.454.